The summed E-state index contributed by atoms with van der Waals surface area (Å²) in [6.07, 6.45) is 5.32. The molecule has 0 unspecified atom stereocenters. The molecule has 1 amide bonds. The maximum atomic E-state index is 12.6. The minimum atomic E-state index is -0.273. The van der Waals surface area contributed by atoms with Gasteiger partial charge in [-0.1, -0.05) is 31.5 Å². The number of rotatable bonds is 6. The second kappa shape index (κ2) is 7.70. The SMILES string of the molecule is CCCCN(C)c1cc(C(=O)Nc2cccc3cccnc23)ncn1. The van der Waals surface area contributed by atoms with Crippen LogP contribution < -0.4 is 10.2 Å². The van der Waals surface area contributed by atoms with Crippen LogP contribution in [0.4, 0.5) is 11.5 Å². The molecule has 0 saturated heterocycles. The van der Waals surface area contributed by atoms with E-state index in [4.69, 9.17) is 0 Å². The largest absolute Gasteiger partial charge is 0.360 e. The Kier molecular flexibility index (Phi) is 5.18. The van der Waals surface area contributed by atoms with Gasteiger partial charge in [0.15, 0.2) is 0 Å². The summed E-state index contributed by atoms with van der Waals surface area (Å²) in [5, 5.41) is 3.88. The zero-order valence-corrected chi connectivity index (χ0v) is 14.4. The van der Waals surface area contributed by atoms with E-state index in [1.165, 1.54) is 6.33 Å². The van der Waals surface area contributed by atoms with Crippen molar-refractivity contribution in [1.82, 2.24) is 15.0 Å². The third-order valence-corrected chi connectivity index (χ3v) is 4.00. The van der Waals surface area contributed by atoms with Gasteiger partial charge in [0.2, 0.25) is 0 Å². The molecule has 3 aromatic rings. The summed E-state index contributed by atoms with van der Waals surface area (Å²) in [6, 6.07) is 11.2. The number of amides is 1. The molecular formula is C19H21N5O. The zero-order valence-electron chi connectivity index (χ0n) is 14.4. The highest BCUT2D eigenvalue weighted by atomic mass is 16.1. The first kappa shape index (κ1) is 16.8. The topological polar surface area (TPSA) is 71.0 Å². The van der Waals surface area contributed by atoms with Crippen molar-refractivity contribution >= 4 is 28.3 Å². The van der Waals surface area contributed by atoms with Gasteiger partial charge in [0.1, 0.15) is 17.8 Å². The van der Waals surface area contributed by atoms with E-state index < -0.39 is 0 Å². The van der Waals surface area contributed by atoms with E-state index in [1.807, 2.05) is 42.3 Å². The van der Waals surface area contributed by atoms with Crippen molar-refractivity contribution in [2.45, 2.75) is 19.8 Å². The third kappa shape index (κ3) is 3.91. The molecule has 2 heterocycles. The molecule has 1 N–H and O–H groups in total. The summed E-state index contributed by atoms with van der Waals surface area (Å²) in [7, 11) is 1.97. The molecule has 128 valence electrons. The average Bonchev–Trinajstić information content (AvgIpc) is 2.66. The van der Waals surface area contributed by atoms with Crippen molar-refractivity contribution in [3.63, 3.8) is 0 Å². The lowest BCUT2D eigenvalue weighted by molar-refractivity contribution is 0.102. The lowest BCUT2D eigenvalue weighted by Crippen LogP contribution is -2.21. The second-order valence-corrected chi connectivity index (χ2v) is 5.87. The molecule has 0 aliphatic carbocycles. The highest BCUT2D eigenvalue weighted by molar-refractivity contribution is 6.07. The van der Waals surface area contributed by atoms with E-state index in [0.29, 0.717) is 11.4 Å². The Morgan fingerprint density at radius 3 is 2.84 bits per heavy atom. The van der Waals surface area contributed by atoms with Crippen LogP contribution in [0, 0.1) is 0 Å². The van der Waals surface area contributed by atoms with Gasteiger partial charge in [0.25, 0.3) is 5.91 Å². The van der Waals surface area contributed by atoms with Crippen molar-refractivity contribution < 1.29 is 4.79 Å². The standard InChI is InChI=1S/C19H21N5O/c1-3-4-11-24(2)17-12-16(21-13-22-17)19(25)23-15-9-5-7-14-8-6-10-20-18(14)15/h5-10,12-13H,3-4,11H2,1-2H3,(H,23,25). The quantitative estimate of drug-likeness (QED) is 0.746. The molecule has 0 fully saturated rings. The number of nitrogens with one attached hydrogen (secondary N) is 1. The van der Waals surface area contributed by atoms with Crippen LogP contribution in [0.25, 0.3) is 10.9 Å². The second-order valence-electron chi connectivity index (χ2n) is 5.87. The Bertz CT molecular complexity index is 875. The Balaban J connectivity index is 1.81. The Morgan fingerprint density at radius 2 is 2.00 bits per heavy atom. The summed E-state index contributed by atoms with van der Waals surface area (Å²) in [5.74, 6) is 0.468. The molecule has 0 aliphatic rings. The van der Waals surface area contributed by atoms with E-state index in [1.54, 1.807) is 12.3 Å². The van der Waals surface area contributed by atoms with Gasteiger partial charge in [-0.2, -0.15) is 0 Å². The first-order chi connectivity index (χ1) is 12.2. The minimum Gasteiger partial charge on any atom is -0.360 e. The third-order valence-electron chi connectivity index (χ3n) is 4.00. The summed E-state index contributed by atoms with van der Waals surface area (Å²) in [6.45, 7) is 3.03. The van der Waals surface area contributed by atoms with Gasteiger partial charge in [-0.25, -0.2) is 9.97 Å². The Morgan fingerprint density at radius 1 is 1.16 bits per heavy atom. The van der Waals surface area contributed by atoms with Gasteiger partial charge in [-0.15, -0.1) is 0 Å². The molecule has 0 spiro atoms. The van der Waals surface area contributed by atoms with E-state index >= 15 is 0 Å². The number of fused-ring (bicyclic) bond motifs is 1. The summed E-state index contributed by atoms with van der Waals surface area (Å²) in [5.41, 5.74) is 1.76. The molecule has 25 heavy (non-hydrogen) atoms. The number of pyridine rings is 1. The summed E-state index contributed by atoms with van der Waals surface area (Å²) >= 11 is 0. The maximum Gasteiger partial charge on any atom is 0.274 e. The Labute approximate surface area is 146 Å². The lowest BCUT2D eigenvalue weighted by atomic mass is 10.2. The number of anilines is 2. The van der Waals surface area contributed by atoms with E-state index in [9.17, 15) is 4.79 Å². The van der Waals surface area contributed by atoms with Crippen LogP contribution in [0.15, 0.2) is 48.9 Å². The van der Waals surface area contributed by atoms with Gasteiger partial charge in [-0.05, 0) is 18.6 Å². The highest BCUT2D eigenvalue weighted by Gasteiger charge is 2.12. The van der Waals surface area contributed by atoms with Gasteiger partial charge in [0, 0.05) is 31.2 Å². The number of nitrogens with zero attached hydrogens (tertiary/aromatic N) is 4. The zero-order chi connectivity index (χ0) is 17.6. The van der Waals surface area contributed by atoms with Crippen LogP contribution in [-0.4, -0.2) is 34.5 Å². The van der Waals surface area contributed by atoms with E-state index in [2.05, 4.69) is 27.2 Å². The van der Waals surface area contributed by atoms with Crippen LogP contribution >= 0.6 is 0 Å². The predicted molar refractivity (Wildman–Crippen MR) is 99.9 cm³/mol. The van der Waals surface area contributed by atoms with E-state index in [0.717, 1.165) is 36.1 Å². The molecule has 6 heteroatoms. The number of benzene rings is 1. The highest BCUT2D eigenvalue weighted by Crippen LogP contribution is 2.21. The van der Waals surface area contributed by atoms with Crippen molar-refractivity contribution in [2.75, 3.05) is 23.8 Å². The Hall–Kier alpha value is -3.02. The van der Waals surface area contributed by atoms with Crippen molar-refractivity contribution in [3.8, 4) is 0 Å². The lowest BCUT2D eigenvalue weighted by Gasteiger charge is -2.17. The van der Waals surface area contributed by atoms with E-state index in [-0.39, 0.29) is 5.91 Å². The monoisotopic (exact) mass is 335 g/mol. The molecular weight excluding hydrogens is 314 g/mol. The smallest absolute Gasteiger partial charge is 0.274 e. The molecule has 0 aliphatic heterocycles. The number of aromatic nitrogens is 3. The van der Waals surface area contributed by atoms with Crippen LogP contribution in [0.1, 0.15) is 30.3 Å². The van der Waals surface area contributed by atoms with Gasteiger partial charge < -0.3 is 10.2 Å². The van der Waals surface area contributed by atoms with Gasteiger partial charge in [-0.3, -0.25) is 9.78 Å². The number of hydrogen-bond donors (Lipinski definition) is 1. The maximum absolute atomic E-state index is 12.6. The predicted octanol–water partition coefficient (Wildman–Crippen LogP) is 3.51. The van der Waals surface area contributed by atoms with Crippen LogP contribution in [0.3, 0.4) is 0 Å². The number of hydrogen-bond acceptors (Lipinski definition) is 5. The number of carbonyl (C=O) groups is 1. The number of para-hydroxylation sites is 1. The molecule has 0 bridgehead atoms. The van der Waals surface area contributed by atoms with Gasteiger partial charge >= 0.3 is 0 Å². The minimum absolute atomic E-state index is 0.273. The average molecular weight is 335 g/mol. The summed E-state index contributed by atoms with van der Waals surface area (Å²) < 4.78 is 0. The van der Waals surface area contributed by atoms with Crippen molar-refractivity contribution in [1.29, 1.82) is 0 Å². The van der Waals surface area contributed by atoms with Crippen LogP contribution in [0.2, 0.25) is 0 Å². The first-order valence-corrected chi connectivity index (χ1v) is 8.37. The molecule has 0 atom stereocenters. The number of unbranched alkanes of at least 4 members (excludes halogenated alkanes) is 1. The molecule has 1 aromatic carbocycles. The molecule has 0 radical (unpaired) electrons. The molecule has 2 aromatic heterocycles. The van der Waals surface area contributed by atoms with Crippen LogP contribution in [0.5, 0.6) is 0 Å². The fourth-order valence-electron chi connectivity index (χ4n) is 2.58. The molecule has 3 rings (SSSR count). The fourth-order valence-corrected chi connectivity index (χ4v) is 2.58. The summed E-state index contributed by atoms with van der Waals surface area (Å²) in [4.78, 5) is 27.3. The molecule has 0 saturated carbocycles. The van der Waals surface area contributed by atoms with Gasteiger partial charge in [0.05, 0.1) is 11.2 Å². The first-order valence-electron chi connectivity index (χ1n) is 8.37. The van der Waals surface area contributed by atoms with Crippen molar-refractivity contribution in [3.05, 3.63) is 54.6 Å². The number of carbonyl (C=O) groups excluding carboxylic acids is 1. The fraction of sp³-hybridized carbons (Fsp3) is 0.263. The molecule has 6 nitrogen and oxygen atoms in total. The van der Waals surface area contributed by atoms with Crippen molar-refractivity contribution in [2.24, 2.45) is 0 Å². The normalized spacial score (nSPS) is 10.6. The van der Waals surface area contributed by atoms with Crippen LogP contribution in [-0.2, 0) is 0 Å².